The van der Waals surface area contributed by atoms with Gasteiger partial charge >= 0.3 is 0 Å². The Kier molecular flexibility index (Phi) is 7.06. The topological polar surface area (TPSA) is 24.5 Å². The van der Waals surface area contributed by atoms with Crippen LogP contribution in [0.25, 0.3) is 0 Å². The highest BCUT2D eigenvalue weighted by Crippen LogP contribution is 2.20. The summed E-state index contributed by atoms with van der Waals surface area (Å²) in [6.07, 6.45) is 0. The first-order chi connectivity index (χ1) is 9.10. The van der Waals surface area contributed by atoms with Crippen molar-refractivity contribution >= 4 is 0 Å². The summed E-state index contributed by atoms with van der Waals surface area (Å²) in [5.74, 6) is 0. The molecule has 0 radical (unpaired) electrons. The van der Waals surface area contributed by atoms with Crippen LogP contribution in [0.3, 0.4) is 0 Å². The molecule has 19 heavy (non-hydrogen) atoms. The number of rotatable bonds is 8. The zero-order chi connectivity index (χ0) is 14.3. The number of hydrogen-bond donors (Lipinski definition) is 1. The molecule has 0 bridgehead atoms. The average Bonchev–Trinajstić information content (AvgIpc) is 2.41. The number of ether oxygens (including phenoxy) is 1. The molecule has 0 spiro atoms. The van der Waals surface area contributed by atoms with Crippen molar-refractivity contribution in [3.63, 3.8) is 0 Å². The van der Waals surface area contributed by atoms with Crippen LogP contribution in [0, 0.1) is 6.92 Å². The van der Waals surface area contributed by atoms with E-state index in [1.165, 1.54) is 11.1 Å². The highest BCUT2D eigenvalue weighted by atomic mass is 16.5. The van der Waals surface area contributed by atoms with Crippen LogP contribution in [-0.2, 0) is 4.74 Å². The molecule has 3 heteroatoms. The van der Waals surface area contributed by atoms with Gasteiger partial charge in [0, 0.05) is 25.2 Å². The Morgan fingerprint density at radius 3 is 2.42 bits per heavy atom. The Morgan fingerprint density at radius 2 is 1.89 bits per heavy atom. The molecule has 0 aliphatic rings. The quantitative estimate of drug-likeness (QED) is 0.731. The van der Waals surface area contributed by atoms with Gasteiger partial charge in [0.2, 0.25) is 0 Å². The molecule has 1 aromatic carbocycles. The molecule has 0 saturated carbocycles. The highest BCUT2D eigenvalue weighted by Gasteiger charge is 2.20. The smallest absolute Gasteiger partial charge is 0.0593 e. The highest BCUT2D eigenvalue weighted by molar-refractivity contribution is 5.25. The minimum Gasteiger partial charge on any atom is -0.380 e. The van der Waals surface area contributed by atoms with Crippen LogP contribution in [-0.4, -0.2) is 44.8 Å². The zero-order valence-electron chi connectivity index (χ0n) is 12.9. The third kappa shape index (κ3) is 4.94. The van der Waals surface area contributed by atoms with E-state index in [4.69, 9.17) is 4.74 Å². The molecule has 0 heterocycles. The first kappa shape index (κ1) is 16.2. The third-order valence-corrected chi connectivity index (χ3v) is 3.72. The Morgan fingerprint density at radius 1 is 1.26 bits per heavy atom. The van der Waals surface area contributed by atoms with Gasteiger partial charge in [0.15, 0.2) is 0 Å². The van der Waals surface area contributed by atoms with E-state index in [-0.39, 0.29) is 0 Å². The van der Waals surface area contributed by atoms with Crippen molar-refractivity contribution in [3.05, 3.63) is 35.4 Å². The molecule has 0 aromatic heterocycles. The van der Waals surface area contributed by atoms with Gasteiger partial charge in [0.1, 0.15) is 0 Å². The SMILES string of the molecule is CCOCCN(C)C(C)C(NC)c1ccc(C)cc1. The monoisotopic (exact) mass is 264 g/mol. The molecule has 1 aromatic rings. The number of nitrogens with zero attached hydrogens (tertiary/aromatic N) is 1. The van der Waals surface area contributed by atoms with E-state index in [0.717, 1.165) is 19.8 Å². The largest absolute Gasteiger partial charge is 0.380 e. The standard InChI is InChI=1S/C16H28N2O/c1-6-19-12-11-18(5)14(3)16(17-4)15-9-7-13(2)8-10-15/h7-10,14,16-17H,6,11-12H2,1-5H3. The summed E-state index contributed by atoms with van der Waals surface area (Å²) in [6, 6.07) is 9.53. The summed E-state index contributed by atoms with van der Waals surface area (Å²) < 4.78 is 5.43. The number of likely N-dealkylation sites (N-methyl/N-ethyl adjacent to an activating group) is 2. The van der Waals surface area contributed by atoms with Crippen LogP contribution < -0.4 is 5.32 Å². The fourth-order valence-electron chi connectivity index (χ4n) is 2.27. The summed E-state index contributed by atoms with van der Waals surface area (Å²) >= 11 is 0. The van der Waals surface area contributed by atoms with Gasteiger partial charge in [-0.2, -0.15) is 0 Å². The van der Waals surface area contributed by atoms with Crippen LogP contribution >= 0.6 is 0 Å². The lowest BCUT2D eigenvalue weighted by atomic mass is 9.98. The molecule has 2 unspecified atom stereocenters. The maximum atomic E-state index is 5.43. The summed E-state index contributed by atoms with van der Waals surface area (Å²) in [7, 11) is 4.18. The minimum atomic E-state index is 0.340. The molecular formula is C16H28N2O. The summed E-state index contributed by atoms with van der Waals surface area (Å²) in [6.45, 7) is 8.95. The van der Waals surface area contributed by atoms with E-state index in [1.54, 1.807) is 0 Å². The number of hydrogen-bond acceptors (Lipinski definition) is 3. The Bertz CT molecular complexity index is 350. The van der Waals surface area contributed by atoms with Gasteiger partial charge in [-0.3, -0.25) is 4.90 Å². The predicted molar refractivity (Wildman–Crippen MR) is 81.6 cm³/mol. The Labute approximate surface area is 118 Å². The average molecular weight is 264 g/mol. The van der Waals surface area contributed by atoms with Crippen LogP contribution in [0.1, 0.15) is 31.0 Å². The predicted octanol–water partition coefficient (Wildman–Crippen LogP) is 2.61. The van der Waals surface area contributed by atoms with E-state index in [1.807, 2.05) is 14.0 Å². The molecule has 0 aliphatic carbocycles. The van der Waals surface area contributed by atoms with Crippen LogP contribution in [0.5, 0.6) is 0 Å². The molecule has 1 rings (SSSR count). The molecule has 3 nitrogen and oxygen atoms in total. The molecule has 0 saturated heterocycles. The molecule has 0 fully saturated rings. The lowest BCUT2D eigenvalue weighted by Crippen LogP contribution is -2.41. The molecule has 108 valence electrons. The van der Waals surface area contributed by atoms with E-state index < -0.39 is 0 Å². The van der Waals surface area contributed by atoms with Crippen molar-refractivity contribution in [1.29, 1.82) is 0 Å². The van der Waals surface area contributed by atoms with Crippen molar-refractivity contribution in [2.45, 2.75) is 32.9 Å². The molecule has 0 amide bonds. The van der Waals surface area contributed by atoms with Gasteiger partial charge in [-0.1, -0.05) is 29.8 Å². The van der Waals surface area contributed by atoms with Gasteiger partial charge in [0.05, 0.1) is 6.61 Å². The number of benzene rings is 1. The van der Waals surface area contributed by atoms with Crippen LogP contribution in [0.4, 0.5) is 0 Å². The number of nitrogens with one attached hydrogen (secondary N) is 1. The fraction of sp³-hybridized carbons (Fsp3) is 0.625. The maximum Gasteiger partial charge on any atom is 0.0593 e. The van der Waals surface area contributed by atoms with Gasteiger partial charge in [-0.05, 0) is 40.4 Å². The first-order valence-corrected chi connectivity index (χ1v) is 7.12. The van der Waals surface area contributed by atoms with E-state index in [9.17, 15) is 0 Å². The Balaban J connectivity index is 2.65. The molecule has 2 atom stereocenters. The second-order valence-electron chi connectivity index (χ2n) is 5.10. The van der Waals surface area contributed by atoms with Crippen molar-refractivity contribution in [2.75, 3.05) is 33.9 Å². The van der Waals surface area contributed by atoms with E-state index >= 15 is 0 Å². The third-order valence-electron chi connectivity index (χ3n) is 3.72. The van der Waals surface area contributed by atoms with Gasteiger partial charge < -0.3 is 10.1 Å². The fourth-order valence-corrected chi connectivity index (χ4v) is 2.27. The zero-order valence-corrected chi connectivity index (χ0v) is 12.9. The second kappa shape index (κ2) is 8.31. The molecule has 0 aliphatic heterocycles. The maximum absolute atomic E-state index is 5.43. The molecule has 1 N–H and O–H groups in total. The van der Waals surface area contributed by atoms with Crippen LogP contribution in [0.2, 0.25) is 0 Å². The van der Waals surface area contributed by atoms with E-state index in [2.05, 4.69) is 55.4 Å². The number of aryl methyl sites for hydroxylation is 1. The van der Waals surface area contributed by atoms with Crippen molar-refractivity contribution in [3.8, 4) is 0 Å². The van der Waals surface area contributed by atoms with Crippen molar-refractivity contribution in [2.24, 2.45) is 0 Å². The summed E-state index contributed by atoms with van der Waals surface area (Å²) in [5, 5.41) is 3.43. The van der Waals surface area contributed by atoms with Crippen LogP contribution in [0.15, 0.2) is 24.3 Å². The van der Waals surface area contributed by atoms with Gasteiger partial charge in [-0.25, -0.2) is 0 Å². The van der Waals surface area contributed by atoms with Crippen molar-refractivity contribution < 1.29 is 4.74 Å². The van der Waals surface area contributed by atoms with Gasteiger partial charge in [-0.15, -0.1) is 0 Å². The summed E-state index contributed by atoms with van der Waals surface area (Å²) in [4.78, 5) is 2.34. The Hall–Kier alpha value is -0.900. The van der Waals surface area contributed by atoms with E-state index in [0.29, 0.717) is 12.1 Å². The summed E-state index contributed by atoms with van der Waals surface area (Å²) in [5.41, 5.74) is 2.64. The van der Waals surface area contributed by atoms with Crippen molar-refractivity contribution in [1.82, 2.24) is 10.2 Å². The molecular weight excluding hydrogens is 236 g/mol. The first-order valence-electron chi connectivity index (χ1n) is 7.12. The van der Waals surface area contributed by atoms with Gasteiger partial charge in [0.25, 0.3) is 0 Å². The second-order valence-corrected chi connectivity index (χ2v) is 5.10. The normalized spacial score (nSPS) is 14.6. The minimum absolute atomic E-state index is 0.340. The lowest BCUT2D eigenvalue weighted by Gasteiger charge is -2.32. The lowest BCUT2D eigenvalue weighted by molar-refractivity contribution is 0.102.